The highest BCUT2D eigenvalue weighted by Gasteiger charge is 2.40. The number of nitrogens with one attached hydrogen (secondary N) is 10. The Morgan fingerprint density at radius 1 is 0.505 bits per heavy atom. The number of phenolic OH excluding ortho intramolecular Hbond substituents is 1. The van der Waals surface area contributed by atoms with Crippen LogP contribution in [0.4, 0.5) is 0 Å². The molecule has 1 aliphatic rings. The first-order chi connectivity index (χ1) is 50.1. The number of phenols is 1. The Labute approximate surface area is 615 Å². The molecule has 11 amide bonds. The van der Waals surface area contributed by atoms with Gasteiger partial charge in [-0.15, -0.1) is 0 Å². The smallest absolute Gasteiger partial charge is 0.245 e. The van der Waals surface area contributed by atoms with Crippen LogP contribution in [-0.4, -0.2) is 184 Å². The molecule has 1 aromatic heterocycles. The van der Waals surface area contributed by atoms with E-state index in [1.165, 1.54) is 43.0 Å². The molecule has 0 saturated carbocycles. The molecule has 1 saturated heterocycles. The van der Waals surface area contributed by atoms with Crippen LogP contribution in [0.3, 0.4) is 0 Å². The number of benzene rings is 5. The van der Waals surface area contributed by atoms with E-state index in [4.69, 9.17) is 51.9 Å². The van der Waals surface area contributed by atoms with E-state index in [9.17, 15) is 53.4 Å². The molecule has 5 aromatic carbocycles. The zero-order valence-electron chi connectivity index (χ0n) is 58.0. The first kappa shape index (κ1) is 81.0. The minimum absolute atomic E-state index is 0.00930. The van der Waals surface area contributed by atoms with Gasteiger partial charge in [-0.2, -0.15) is 0 Å². The molecule has 2 heterocycles. The average molecular weight is 1490 g/mol. The van der Waals surface area contributed by atoms with E-state index in [0.717, 1.165) is 0 Å². The predicted molar refractivity (Wildman–Crippen MR) is 394 cm³/mol. The molecule has 105 heavy (non-hydrogen) atoms. The summed E-state index contributed by atoms with van der Waals surface area (Å²) in [5.41, 5.74) is 31.2. The van der Waals surface area contributed by atoms with E-state index in [-0.39, 0.29) is 102 Å². The van der Waals surface area contributed by atoms with Gasteiger partial charge in [0.25, 0.3) is 0 Å². The summed E-state index contributed by atoms with van der Waals surface area (Å²) in [5, 5.41) is 46.8. The number of hydrogen-bond donors (Lipinski definition) is 17. The molecule has 7 rings (SSSR count). The second kappa shape index (κ2) is 39.9. The molecule has 0 unspecified atom stereocenters. The van der Waals surface area contributed by atoms with Gasteiger partial charge in [0.15, 0.2) is 11.9 Å². The lowest BCUT2D eigenvalue weighted by Gasteiger charge is -2.30. The largest absolute Gasteiger partial charge is 0.508 e. The number of aliphatic hydroxyl groups is 1. The summed E-state index contributed by atoms with van der Waals surface area (Å²) in [6, 6.07) is 20.1. The van der Waals surface area contributed by atoms with Crippen LogP contribution in [0.2, 0.25) is 10.0 Å². The van der Waals surface area contributed by atoms with E-state index in [1.807, 2.05) is 0 Å². The second-order valence-corrected chi connectivity index (χ2v) is 26.2. The molecule has 0 radical (unpaired) electrons. The van der Waals surface area contributed by atoms with Gasteiger partial charge in [-0.25, -0.2) is 0 Å². The Hall–Kier alpha value is -11.3. The molecule has 0 aliphatic carbocycles. The van der Waals surface area contributed by atoms with E-state index >= 15 is 9.59 Å². The lowest BCUT2D eigenvalue weighted by atomic mass is 10.0. The van der Waals surface area contributed by atoms with Crippen LogP contribution < -0.4 is 76.5 Å². The third kappa shape index (κ3) is 25.6. The molecule has 33 heteroatoms. The number of fused-ring (bicyclic) bond motifs is 1. The number of guanidine groups is 2. The number of amides is 11. The molecule has 31 nitrogen and oxygen atoms in total. The summed E-state index contributed by atoms with van der Waals surface area (Å²) < 4.78 is 0. The molecular formula is C72H90Cl2N18O13. The van der Waals surface area contributed by atoms with Crippen molar-refractivity contribution in [2.24, 2.45) is 38.7 Å². The maximum absolute atomic E-state index is 15.0. The van der Waals surface area contributed by atoms with Crippen LogP contribution >= 0.6 is 23.2 Å². The van der Waals surface area contributed by atoms with Crippen LogP contribution in [0.1, 0.15) is 80.2 Å². The number of nitrogens with two attached hydrogens (primary N) is 5. The van der Waals surface area contributed by atoms with Crippen molar-refractivity contribution >= 4 is 111 Å². The van der Waals surface area contributed by atoms with E-state index < -0.39 is 132 Å². The van der Waals surface area contributed by atoms with Crippen LogP contribution in [0.5, 0.6) is 5.75 Å². The summed E-state index contributed by atoms with van der Waals surface area (Å²) in [6.45, 7) is 1.64. The van der Waals surface area contributed by atoms with Crippen molar-refractivity contribution in [3.63, 3.8) is 0 Å². The number of halogens is 2. The molecule has 6 aromatic rings. The summed E-state index contributed by atoms with van der Waals surface area (Å²) in [4.78, 5) is 169. The molecule has 10 atom stereocenters. The zero-order chi connectivity index (χ0) is 76.3. The lowest BCUT2D eigenvalue weighted by Crippen LogP contribution is -2.61. The van der Waals surface area contributed by atoms with Gasteiger partial charge < -0.3 is 96.6 Å². The highest BCUT2D eigenvalue weighted by molar-refractivity contribution is 6.30. The fourth-order valence-electron chi connectivity index (χ4n) is 11.8. The minimum Gasteiger partial charge on any atom is -0.508 e. The number of nitrogens with zero attached hydrogens (tertiary/aromatic N) is 3. The monoisotopic (exact) mass is 1480 g/mol. The van der Waals surface area contributed by atoms with Gasteiger partial charge in [0.1, 0.15) is 66.2 Å². The number of aliphatic hydroxyl groups excluding tert-OH is 1. The fraction of sp³-hybridized carbons (Fsp3) is 0.375. The molecule has 22 N–H and O–H groups in total. The van der Waals surface area contributed by atoms with Crippen molar-refractivity contribution in [3.8, 4) is 5.75 Å². The number of aromatic amines is 1. The highest BCUT2D eigenvalue weighted by Crippen LogP contribution is 2.23. The van der Waals surface area contributed by atoms with Gasteiger partial charge in [-0.1, -0.05) is 108 Å². The van der Waals surface area contributed by atoms with Crippen molar-refractivity contribution in [1.82, 2.24) is 57.7 Å². The maximum atomic E-state index is 15.0. The Balaban J connectivity index is 1.17. The lowest BCUT2D eigenvalue weighted by molar-refractivity contribution is -0.142. The number of likely N-dealkylation sites (tertiary alicyclic amines) is 1. The Bertz CT molecular complexity index is 4060. The number of rotatable bonds is 38. The van der Waals surface area contributed by atoms with Crippen molar-refractivity contribution in [1.29, 1.82) is 0 Å². The summed E-state index contributed by atoms with van der Waals surface area (Å²) in [7, 11) is 0. The minimum atomic E-state index is -1.86. The van der Waals surface area contributed by atoms with Crippen LogP contribution in [0.25, 0.3) is 10.9 Å². The number of para-hydroxylation sites is 1. The van der Waals surface area contributed by atoms with Gasteiger partial charge in [0, 0.05) is 85.8 Å². The first-order valence-electron chi connectivity index (χ1n) is 34.0. The van der Waals surface area contributed by atoms with E-state index in [1.54, 1.807) is 109 Å². The third-order valence-corrected chi connectivity index (χ3v) is 17.8. The SMILES string of the molecule is CC(=O)N[C@H](Cc1ccc(Cl)cc1)C(=O)N[C@@H](Cc1ccc(Cl)cc1)C(=O)N[C@H](Cc1c[nH]c2ccccc12)C(=O)N[C@@H](CO)C(=O)N[C@@H](Cc1ccc(O)cc1)C(=O)N[C@@H](CCCN=C(N)N)C(=O)N[C@@H](Cc1ccccc1)C(=O)N[C@@H](CCCN=C(N)N)C(=O)N1CCC[C@H]1C(=O)N[C@@H](C)C(N)=O. The summed E-state index contributed by atoms with van der Waals surface area (Å²) in [5.74, 6) is -9.86. The first-order valence-corrected chi connectivity index (χ1v) is 34.8. The molecule has 1 fully saturated rings. The summed E-state index contributed by atoms with van der Waals surface area (Å²) >= 11 is 12.4. The predicted octanol–water partition coefficient (Wildman–Crippen LogP) is -0.328. The highest BCUT2D eigenvalue weighted by atomic mass is 35.5. The quantitative estimate of drug-likeness (QED) is 0.0134. The Morgan fingerprint density at radius 3 is 1.38 bits per heavy atom. The average Bonchev–Trinajstić information content (AvgIpc) is 1.54. The van der Waals surface area contributed by atoms with Gasteiger partial charge in [0.2, 0.25) is 65.0 Å². The van der Waals surface area contributed by atoms with Crippen molar-refractivity contribution in [3.05, 3.63) is 171 Å². The van der Waals surface area contributed by atoms with Crippen LogP contribution in [0.15, 0.2) is 144 Å². The van der Waals surface area contributed by atoms with Crippen LogP contribution in [-0.2, 0) is 84.8 Å². The Kier molecular flexibility index (Phi) is 30.8. The van der Waals surface area contributed by atoms with Crippen LogP contribution in [0, 0.1) is 0 Å². The molecular weight excluding hydrogens is 1400 g/mol. The molecule has 560 valence electrons. The van der Waals surface area contributed by atoms with Gasteiger partial charge >= 0.3 is 0 Å². The van der Waals surface area contributed by atoms with E-state index in [0.29, 0.717) is 55.2 Å². The number of aromatic hydroxyl groups is 1. The number of primary amides is 1. The number of hydrogen-bond acceptors (Lipinski definition) is 15. The number of H-pyrrole nitrogens is 1. The number of carbonyl (C=O) groups is 11. The molecule has 1 aliphatic heterocycles. The van der Waals surface area contributed by atoms with Gasteiger partial charge in [0.05, 0.1) is 6.61 Å². The Morgan fingerprint density at radius 2 is 0.905 bits per heavy atom. The zero-order valence-corrected chi connectivity index (χ0v) is 59.5. The molecule has 0 bridgehead atoms. The van der Waals surface area contributed by atoms with Gasteiger partial charge in [-0.3, -0.25) is 62.7 Å². The van der Waals surface area contributed by atoms with Crippen molar-refractivity contribution in [2.75, 3.05) is 26.2 Å². The number of carbonyl (C=O) groups excluding carboxylic acids is 11. The topological polar surface area (TPSA) is 510 Å². The standard InChI is InChI=1S/C72H90Cl2N18O13/c1-40(61(75)96)83-69(104)60-17-10-32-92(60)70(105)53(16-9-31-81-72(78)79)86-65(100)55(33-42-11-4-3-5-12-42)87-62(97)52(15-8-30-80-71(76)77)85-64(99)56(36-45-22-28-49(95)29-23-45)89-68(103)59(39-93)91-67(102)58(37-46-38-82-51-14-7-6-13-50(46)51)90-66(101)57(35-44-20-26-48(74)27-21-44)88-63(98)54(84-41(2)94)34-43-18-24-47(73)25-19-43/h3-7,11-14,18-29,38,40,52-60,82,93,95H,8-10,15-17,30-37,39H2,1-2H3,(H2,75,96)(H,83,104)(H,84,94)(H,85,99)(H,86,100)(H,87,97)(H,88,98)(H,89,103)(H,90,101)(H,91,102)(H4,76,77,80)(H4,78,79,81)/t40-,52-,53-,54+,55-,56-,57-,58+,59-,60-/m0/s1. The summed E-state index contributed by atoms with van der Waals surface area (Å²) in [6.07, 6.45) is 1.28. The van der Waals surface area contributed by atoms with Gasteiger partial charge in [-0.05, 0) is 116 Å². The molecule has 0 spiro atoms. The fourth-order valence-corrected chi connectivity index (χ4v) is 12.0. The van der Waals surface area contributed by atoms with Crippen molar-refractivity contribution in [2.45, 2.75) is 145 Å². The van der Waals surface area contributed by atoms with E-state index in [2.05, 4.69) is 62.8 Å². The second-order valence-electron chi connectivity index (χ2n) is 25.4. The normalized spacial score (nSPS) is 15.1. The number of aliphatic imine (C=N–C) groups is 2. The number of aromatic nitrogens is 1. The third-order valence-electron chi connectivity index (χ3n) is 17.3. The maximum Gasteiger partial charge on any atom is 0.245 e. The van der Waals surface area contributed by atoms with Crippen molar-refractivity contribution < 1.29 is 63.0 Å².